The summed E-state index contributed by atoms with van der Waals surface area (Å²) in [5.41, 5.74) is 10.7. The molecule has 0 amide bonds. The van der Waals surface area contributed by atoms with E-state index in [4.69, 9.17) is 10.7 Å². The zero-order chi connectivity index (χ0) is 12.5. The maximum Gasteiger partial charge on any atom is 0.137 e. The summed E-state index contributed by atoms with van der Waals surface area (Å²) in [6.45, 7) is 2.87. The van der Waals surface area contributed by atoms with E-state index >= 15 is 0 Å². The van der Waals surface area contributed by atoms with Gasteiger partial charge in [0, 0.05) is 18.4 Å². The number of hydrogen-bond acceptors (Lipinski definition) is 2. The molecule has 0 spiro atoms. The van der Waals surface area contributed by atoms with Gasteiger partial charge >= 0.3 is 0 Å². The van der Waals surface area contributed by atoms with E-state index in [0.717, 1.165) is 23.5 Å². The Hall–Kier alpha value is -1.35. The van der Waals surface area contributed by atoms with Gasteiger partial charge in [0.05, 0.1) is 5.69 Å². The minimum atomic E-state index is 0.590. The van der Waals surface area contributed by atoms with E-state index in [1.807, 2.05) is 0 Å². The van der Waals surface area contributed by atoms with Crippen LogP contribution in [-0.4, -0.2) is 9.38 Å². The molecule has 2 heterocycles. The molecule has 2 N–H and O–H groups in total. The molecule has 1 aliphatic rings. The van der Waals surface area contributed by atoms with Crippen LogP contribution in [0.3, 0.4) is 0 Å². The minimum absolute atomic E-state index is 0.590. The molecule has 2 aromatic heterocycles. The van der Waals surface area contributed by atoms with Gasteiger partial charge in [0.2, 0.25) is 0 Å². The average molecular weight is 243 g/mol. The molecule has 1 aliphatic carbocycles. The van der Waals surface area contributed by atoms with Crippen LogP contribution in [0.25, 0.3) is 5.65 Å². The molecule has 0 saturated heterocycles. The summed E-state index contributed by atoms with van der Waals surface area (Å²) in [6, 6.07) is 4.23. The van der Waals surface area contributed by atoms with Crippen LogP contribution in [0.2, 0.25) is 0 Å². The van der Waals surface area contributed by atoms with E-state index in [1.165, 1.54) is 37.1 Å². The SMILES string of the molecule is CCCC1CCc2nc3cc(CN)ccn3c2C1. The third-order valence-corrected chi connectivity index (χ3v) is 4.08. The quantitative estimate of drug-likeness (QED) is 0.900. The normalized spacial score (nSPS) is 19.1. The highest BCUT2D eigenvalue weighted by Gasteiger charge is 2.22. The maximum atomic E-state index is 5.69. The van der Waals surface area contributed by atoms with Gasteiger partial charge in [0.15, 0.2) is 0 Å². The Bertz CT molecular complexity index is 556. The number of aromatic nitrogens is 2. The summed E-state index contributed by atoms with van der Waals surface area (Å²) >= 11 is 0. The fraction of sp³-hybridized carbons (Fsp3) is 0.533. The number of aryl methyl sites for hydroxylation is 1. The lowest BCUT2D eigenvalue weighted by molar-refractivity contribution is 0.414. The zero-order valence-corrected chi connectivity index (χ0v) is 11.0. The summed E-state index contributed by atoms with van der Waals surface area (Å²) in [5.74, 6) is 0.844. The summed E-state index contributed by atoms with van der Waals surface area (Å²) in [5, 5.41) is 0. The first-order valence-electron chi connectivity index (χ1n) is 7.00. The predicted octanol–water partition coefficient (Wildman–Crippen LogP) is 2.70. The van der Waals surface area contributed by atoms with Crippen LogP contribution in [0.1, 0.15) is 43.1 Å². The smallest absolute Gasteiger partial charge is 0.137 e. The Labute approximate surface area is 108 Å². The highest BCUT2D eigenvalue weighted by molar-refractivity contribution is 5.46. The van der Waals surface area contributed by atoms with Crippen molar-refractivity contribution in [2.45, 2.75) is 45.6 Å². The van der Waals surface area contributed by atoms with Gasteiger partial charge in [-0.1, -0.05) is 19.8 Å². The molecule has 0 saturated carbocycles. The molecule has 2 aromatic rings. The van der Waals surface area contributed by atoms with Crippen molar-refractivity contribution >= 4 is 5.65 Å². The van der Waals surface area contributed by atoms with Crippen LogP contribution >= 0.6 is 0 Å². The van der Waals surface area contributed by atoms with E-state index in [0.29, 0.717) is 6.54 Å². The molecule has 3 heteroatoms. The Kier molecular flexibility index (Phi) is 3.08. The number of fused-ring (bicyclic) bond motifs is 3. The fourth-order valence-electron chi connectivity index (χ4n) is 3.10. The molecule has 96 valence electrons. The summed E-state index contributed by atoms with van der Waals surface area (Å²) in [7, 11) is 0. The number of rotatable bonds is 3. The van der Waals surface area contributed by atoms with Gasteiger partial charge in [-0.3, -0.25) is 0 Å². The second-order valence-corrected chi connectivity index (χ2v) is 5.37. The lowest BCUT2D eigenvalue weighted by Gasteiger charge is -2.21. The summed E-state index contributed by atoms with van der Waals surface area (Å²) < 4.78 is 2.26. The van der Waals surface area contributed by atoms with E-state index in [2.05, 4.69) is 29.7 Å². The minimum Gasteiger partial charge on any atom is -0.326 e. The van der Waals surface area contributed by atoms with Crippen molar-refractivity contribution in [1.29, 1.82) is 0 Å². The first-order chi connectivity index (χ1) is 8.81. The van der Waals surface area contributed by atoms with Crippen LogP contribution < -0.4 is 5.73 Å². The largest absolute Gasteiger partial charge is 0.326 e. The van der Waals surface area contributed by atoms with Gasteiger partial charge < -0.3 is 10.1 Å². The number of nitrogens with zero attached hydrogens (tertiary/aromatic N) is 2. The molecule has 0 bridgehead atoms. The summed E-state index contributed by atoms with van der Waals surface area (Å²) in [6.07, 6.45) is 8.39. The zero-order valence-electron chi connectivity index (χ0n) is 11.0. The van der Waals surface area contributed by atoms with Gasteiger partial charge in [-0.25, -0.2) is 4.98 Å². The van der Waals surface area contributed by atoms with E-state index in [-0.39, 0.29) is 0 Å². The van der Waals surface area contributed by atoms with Crippen molar-refractivity contribution in [3.63, 3.8) is 0 Å². The molecule has 0 aromatic carbocycles. The van der Waals surface area contributed by atoms with Crippen molar-refractivity contribution in [2.75, 3.05) is 0 Å². The van der Waals surface area contributed by atoms with Crippen LogP contribution in [0, 0.1) is 5.92 Å². The second kappa shape index (κ2) is 4.73. The van der Waals surface area contributed by atoms with Crippen LogP contribution in [0.5, 0.6) is 0 Å². The van der Waals surface area contributed by atoms with Gasteiger partial charge in [0.25, 0.3) is 0 Å². The number of pyridine rings is 1. The monoisotopic (exact) mass is 243 g/mol. The molecule has 18 heavy (non-hydrogen) atoms. The topological polar surface area (TPSA) is 43.3 Å². The molecule has 0 radical (unpaired) electrons. The third kappa shape index (κ3) is 1.93. The highest BCUT2D eigenvalue weighted by Crippen LogP contribution is 2.29. The van der Waals surface area contributed by atoms with Gasteiger partial charge in [-0.2, -0.15) is 0 Å². The maximum absolute atomic E-state index is 5.69. The van der Waals surface area contributed by atoms with Crippen molar-refractivity contribution in [3.8, 4) is 0 Å². The van der Waals surface area contributed by atoms with Crippen molar-refractivity contribution in [2.24, 2.45) is 11.7 Å². The number of imidazole rings is 1. The van der Waals surface area contributed by atoms with Gasteiger partial charge in [-0.05, 0) is 42.9 Å². The molecular formula is C15H21N3. The van der Waals surface area contributed by atoms with E-state index < -0.39 is 0 Å². The molecule has 3 rings (SSSR count). The van der Waals surface area contributed by atoms with Crippen LogP contribution in [0.4, 0.5) is 0 Å². The molecule has 3 nitrogen and oxygen atoms in total. The Balaban J connectivity index is 2.00. The Morgan fingerprint density at radius 2 is 2.39 bits per heavy atom. The summed E-state index contributed by atoms with van der Waals surface area (Å²) in [4.78, 5) is 4.76. The Morgan fingerprint density at radius 1 is 1.50 bits per heavy atom. The lowest BCUT2D eigenvalue weighted by atomic mass is 9.87. The third-order valence-electron chi connectivity index (χ3n) is 4.08. The van der Waals surface area contributed by atoms with Crippen molar-refractivity contribution in [3.05, 3.63) is 35.3 Å². The van der Waals surface area contributed by atoms with Crippen LogP contribution in [-0.2, 0) is 19.4 Å². The van der Waals surface area contributed by atoms with Crippen molar-refractivity contribution < 1.29 is 0 Å². The predicted molar refractivity (Wildman–Crippen MR) is 73.5 cm³/mol. The highest BCUT2D eigenvalue weighted by atomic mass is 15.0. The lowest BCUT2D eigenvalue weighted by Crippen LogP contribution is -2.15. The number of nitrogens with two attached hydrogens (primary N) is 1. The number of hydrogen-bond donors (Lipinski definition) is 1. The van der Waals surface area contributed by atoms with Gasteiger partial charge in [0.1, 0.15) is 5.65 Å². The molecule has 0 aliphatic heterocycles. The molecule has 1 atom stereocenters. The first kappa shape index (κ1) is 11.7. The molecule has 1 unspecified atom stereocenters. The van der Waals surface area contributed by atoms with Crippen molar-refractivity contribution in [1.82, 2.24) is 9.38 Å². The molecular weight excluding hydrogens is 222 g/mol. The fourth-order valence-corrected chi connectivity index (χ4v) is 3.10. The Morgan fingerprint density at radius 3 is 3.17 bits per heavy atom. The standard InChI is InChI=1S/C15H21N3/c1-2-3-11-4-5-13-14(8-11)18-7-6-12(10-16)9-15(18)17-13/h6-7,9,11H,2-5,8,10,16H2,1H3. The molecule has 0 fully saturated rings. The van der Waals surface area contributed by atoms with Crippen LogP contribution in [0.15, 0.2) is 18.3 Å². The van der Waals surface area contributed by atoms with E-state index in [1.54, 1.807) is 0 Å². The van der Waals surface area contributed by atoms with E-state index in [9.17, 15) is 0 Å². The van der Waals surface area contributed by atoms with Gasteiger partial charge in [-0.15, -0.1) is 0 Å². The second-order valence-electron chi connectivity index (χ2n) is 5.37. The average Bonchev–Trinajstić information content (AvgIpc) is 2.76. The first-order valence-corrected chi connectivity index (χ1v) is 7.00.